The predicted molar refractivity (Wildman–Crippen MR) is 119 cm³/mol. The zero-order valence-corrected chi connectivity index (χ0v) is 17.7. The summed E-state index contributed by atoms with van der Waals surface area (Å²) < 4.78 is 1.84. The SMILES string of the molecule is CCc1ccc2[nH]c(=O)c([C@@H](c3nnnn3Cc3ccccc3)[NH+]3CCCC3)cc2c1. The highest BCUT2D eigenvalue weighted by Crippen LogP contribution is 2.21. The van der Waals surface area contributed by atoms with Gasteiger partial charge in [0.2, 0.25) is 5.82 Å². The molecule has 2 aromatic heterocycles. The fourth-order valence-electron chi connectivity index (χ4n) is 4.65. The molecule has 0 bridgehead atoms. The quantitative estimate of drug-likeness (QED) is 0.504. The van der Waals surface area contributed by atoms with Crippen LogP contribution in [0.3, 0.4) is 0 Å². The van der Waals surface area contributed by atoms with Crippen molar-refractivity contribution in [2.45, 2.75) is 38.8 Å². The Morgan fingerprint density at radius 3 is 2.65 bits per heavy atom. The smallest absolute Gasteiger partial charge is 0.258 e. The predicted octanol–water partition coefficient (Wildman–Crippen LogP) is 1.89. The Kier molecular flexibility index (Phi) is 5.34. The minimum atomic E-state index is -0.195. The molecule has 7 nitrogen and oxygen atoms in total. The number of pyridine rings is 1. The number of aromatic nitrogens is 5. The number of likely N-dealkylation sites (tertiary alicyclic amines) is 1. The number of nitrogens with one attached hydrogen (secondary N) is 2. The molecule has 0 saturated carbocycles. The van der Waals surface area contributed by atoms with E-state index in [0.29, 0.717) is 6.54 Å². The average Bonchev–Trinajstić information content (AvgIpc) is 3.48. The monoisotopic (exact) mass is 415 g/mol. The molecule has 0 unspecified atom stereocenters. The molecule has 7 heteroatoms. The van der Waals surface area contributed by atoms with Crippen LogP contribution < -0.4 is 10.5 Å². The number of aryl methyl sites for hydroxylation is 1. The summed E-state index contributed by atoms with van der Waals surface area (Å²) in [5.41, 5.74) is 3.93. The van der Waals surface area contributed by atoms with Crippen molar-refractivity contribution in [1.29, 1.82) is 0 Å². The number of nitrogens with zero attached hydrogens (tertiary/aromatic N) is 4. The lowest BCUT2D eigenvalue weighted by Gasteiger charge is -2.23. The van der Waals surface area contributed by atoms with Crippen LogP contribution in [0, 0.1) is 0 Å². The molecule has 1 aliphatic heterocycles. The lowest BCUT2D eigenvalue weighted by molar-refractivity contribution is -0.914. The molecule has 2 N–H and O–H groups in total. The summed E-state index contributed by atoms with van der Waals surface area (Å²) in [6.45, 7) is 4.74. The van der Waals surface area contributed by atoms with Crippen LogP contribution in [-0.2, 0) is 13.0 Å². The van der Waals surface area contributed by atoms with E-state index in [-0.39, 0.29) is 11.6 Å². The second-order valence-corrected chi connectivity index (χ2v) is 8.31. The van der Waals surface area contributed by atoms with Crippen LogP contribution in [0.4, 0.5) is 0 Å². The molecule has 1 fully saturated rings. The Hall–Kier alpha value is -3.32. The van der Waals surface area contributed by atoms with Crippen molar-refractivity contribution in [3.05, 3.63) is 87.5 Å². The molecule has 158 valence electrons. The topological polar surface area (TPSA) is 80.9 Å². The van der Waals surface area contributed by atoms with Crippen molar-refractivity contribution in [1.82, 2.24) is 25.2 Å². The van der Waals surface area contributed by atoms with Gasteiger partial charge in [-0.25, -0.2) is 4.68 Å². The minimum absolute atomic E-state index is 0.0598. The maximum atomic E-state index is 13.2. The molecule has 0 amide bonds. The molecule has 0 aliphatic carbocycles. The zero-order valence-electron chi connectivity index (χ0n) is 17.7. The van der Waals surface area contributed by atoms with Crippen LogP contribution in [0.15, 0.2) is 59.4 Å². The van der Waals surface area contributed by atoms with Crippen molar-refractivity contribution in [2.75, 3.05) is 13.1 Å². The third-order valence-corrected chi connectivity index (χ3v) is 6.30. The van der Waals surface area contributed by atoms with E-state index in [1.165, 1.54) is 10.5 Å². The highest BCUT2D eigenvalue weighted by molar-refractivity contribution is 5.79. The number of hydrogen-bond donors (Lipinski definition) is 2. The molecule has 1 atom stereocenters. The van der Waals surface area contributed by atoms with Crippen LogP contribution in [-0.4, -0.2) is 38.3 Å². The van der Waals surface area contributed by atoms with E-state index >= 15 is 0 Å². The number of benzene rings is 2. The molecule has 0 spiro atoms. The van der Waals surface area contributed by atoms with Crippen molar-refractivity contribution in [2.24, 2.45) is 0 Å². The standard InChI is InChI=1S/C24H26N6O/c1-2-17-10-11-21-19(14-17)15-20(24(31)25-21)22(29-12-6-7-13-29)23-26-27-28-30(23)16-18-8-4-3-5-9-18/h3-5,8-11,14-15,22H,2,6-7,12-13,16H2,1H3,(H,25,31)/p+1/t22-/m0/s1. The maximum absolute atomic E-state index is 13.2. The molecule has 0 radical (unpaired) electrons. The van der Waals surface area contributed by atoms with Gasteiger partial charge >= 0.3 is 0 Å². The van der Waals surface area contributed by atoms with Gasteiger partial charge in [0.05, 0.1) is 25.2 Å². The summed E-state index contributed by atoms with van der Waals surface area (Å²) in [5.74, 6) is 0.747. The van der Waals surface area contributed by atoms with Crippen LogP contribution in [0.5, 0.6) is 0 Å². The van der Waals surface area contributed by atoms with Crippen molar-refractivity contribution < 1.29 is 4.90 Å². The largest absolute Gasteiger partial charge is 0.322 e. The van der Waals surface area contributed by atoms with Gasteiger partial charge in [-0.05, 0) is 51.6 Å². The first-order valence-electron chi connectivity index (χ1n) is 11.0. The van der Waals surface area contributed by atoms with E-state index < -0.39 is 0 Å². The van der Waals surface area contributed by atoms with Gasteiger partial charge < -0.3 is 9.88 Å². The van der Waals surface area contributed by atoms with Gasteiger partial charge in [0.15, 0.2) is 6.04 Å². The Morgan fingerprint density at radius 2 is 1.87 bits per heavy atom. The summed E-state index contributed by atoms with van der Waals surface area (Å²) in [6.07, 6.45) is 3.26. The minimum Gasteiger partial charge on any atom is -0.322 e. The van der Waals surface area contributed by atoms with E-state index in [1.807, 2.05) is 35.0 Å². The Morgan fingerprint density at radius 1 is 1.06 bits per heavy atom. The Balaban J connectivity index is 1.62. The van der Waals surface area contributed by atoms with Crippen LogP contribution in [0.1, 0.15) is 48.3 Å². The zero-order chi connectivity index (χ0) is 21.2. The van der Waals surface area contributed by atoms with Gasteiger partial charge in [0.25, 0.3) is 5.56 Å². The van der Waals surface area contributed by atoms with E-state index in [1.54, 1.807) is 0 Å². The lowest BCUT2D eigenvalue weighted by Crippen LogP contribution is -3.10. The number of tetrazole rings is 1. The van der Waals surface area contributed by atoms with E-state index in [2.05, 4.69) is 51.7 Å². The van der Waals surface area contributed by atoms with Gasteiger partial charge in [0, 0.05) is 18.4 Å². The van der Waals surface area contributed by atoms with Gasteiger partial charge in [-0.1, -0.05) is 43.3 Å². The summed E-state index contributed by atoms with van der Waals surface area (Å²) in [6, 6.07) is 18.3. The number of fused-ring (bicyclic) bond motifs is 1. The molecular formula is C24H27N6O+. The first-order valence-corrected chi connectivity index (χ1v) is 11.0. The third kappa shape index (κ3) is 3.88. The van der Waals surface area contributed by atoms with E-state index in [0.717, 1.165) is 60.2 Å². The number of aromatic amines is 1. The maximum Gasteiger partial charge on any atom is 0.258 e. The van der Waals surface area contributed by atoms with Crippen LogP contribution in [0.2, 0.25) is 0 Å². The van der Waals surface area contributed by atoms with Gasteiger partial charge in [-0.2, -0.15) is 0 Å². The first kappa shape index (κ1) is 19.6. The second kappa shape index (κ2) is 8.43. The van der Waals surface area contributed by atoms with Crippen LogP contribution in [0.25, 0.3) is 10.9 Å². The van der Waals surface area contributed by atoms with Gasteiger partial charge in [0.1, 0.15) is 0 Å². The van der Waals surface area contributed by atoms with E-state index in [9.17, 15) is 4.79 Å². The molecular weight excluding hydrogens is 388 g/mol. The molecule has 1 saturated heterocycles. The summed E-state index contributed by atoms with van der Waals surface area (Å²) >= 11 is 0. The molecule has 2 aromatic carbocycles. The fraction of sp³-hybridized carbons (Fsp3) is 0.333. The van der Waals surface area contributed by atoms with Crippen molar-refractivity contribution in [3.8, 4) is 0 Å². The normalized spacial score (nSPS) is 15.5. The molecule has 5 rings (SSSR count). The lowest BCUT2D eigenvalue weighted by atomic mass is 10.0. The molecule has 4 aromatic rings. The van der Waals surface area contributed by atoms with Gasteiger partial charge in [-0.3, -0.25) is 4.79 Å². The molecule has 31 heavy (non-hydrogen) atoms. The van der Waals surface area contributed by atoms with Crippen molar-refractivity contribution in [3.63, 3.8) is 0 Å². The average molecular weight is 416 g/mol. The number of hydrogen-bond acceptors (Lipinski definition) is 4. The number of quaternary nitrogens is 1. The number of rotatable bonds is 6. The second-order valence-electron chi connectivity index (χ2n) is 8.31. The molecule has 3 heterocycles. The molecule has 1 aliphatic rings. The summed E-state index contributed by atoms with van der Waals surface area (Å²) in [7, 11) is 0. The summed E-state index contributed by atoms with van der Waals surface area (Å²) in [5, 5.41) is 13.7. The number of H-pyrrole nitrogens is 1. The third-order valence-electron chi connectivity index (χ3n) is 6.30. The van der Waals surface area contributed by atoms with E-state index in [4.69, 9.17) is 0 Å². The fourth-order valence-corrected chi connectivity index (χ4v) is 4.65. The van der Waals surface area contributed by atoms with Crippen LogP contribution >= 0.6 is 0 Å². The first-order chi connectivity index (χ1) is 15.2. The van der Waals surface area contributed by atoms with Crippen molar-refractivity contribution >= 4 is 10.9 Å². The van der Waals surface area contributed by atoms with Gasteiger partial charge in [-0.15, -0.1) is 5.10 Å². The highest BCUT2D eigenvalue weighted by atomic mass is 16.1. The summed E-state index contributed by atoms with van der Waals surface area (Å²) in [4.78, 5) is 17.6. The Labute approximate surface area is 180 Å². The highest BCUT2D eigenvalue weighted by Gasteiger charge is 2.35. The Bertz CT molecular complexity index is 1240.